The van der Waals surface area contributed by atoms with Crippen molar-refractivity contribution in [3.8, 4) is 0 Å². The highest BCUT2D eigenvalue weighted by molar-refractivity contribution is 5.94. The fourth-order valence-corrected chi connectivity index (χ4v) is 21.6. The summed E-state index contributed by atoms with van der Waals surface area (Å²) >= 11 is 0. The zero-order valence-corrected chi connectivity index (χ0v) is 81.7. The number of aromatic nitrogens is 4. The number of hydrogen-bond acceptors (Lipinski definition) is 16. The first kappa shape index (κ1) is 95.6. The molecule has 136 heavy (non-hydrogen) atoms. The number of benzene rings is 8. The molecule has 708 valence electrons. The predicted molar refractivity (Wildman–Crippen MR) is 531 cm³/mol. The number of esters is 4. The Hall–Kier alpha value is -12.1. The Bertz CT molecular complexity index is 5660. The molecule has 5 aliphatic rings. The van der Waals surface area contributed by atoms with Gasteiger partial charge in [-0.2, -0.15) is 20.3 Å². The first-order chi connectivity index (χ1) is 65.0. The zero-order valence-electron chi connectivity index (χ0n) is 81.7. The van der Waals surface area contributed by atoms with Crippen LogP contribution < -0.4 is 21.4 Å². The molecule has 0 saturated carbocycles. The standard InChI is InChI=1S/C116H132N8O12/c1-109(2)65-29-66-110(3,4)121(109)133-97(77-33-21-17-22-34-77)73-129-105(125)85-49-41-81(42-50-85)101-89-57-59-91(117-89)102(82-43-51-86(52-44-82)106(126)130-74-98(78-35-23-18-24-36-78)134-122-111(5,6)67-30-68-112(122,7)8)93-61-63-95(119-93)104(84-47-55-88(56-48-84)108(128)132-76-100(80-39-27-20-28-40-80)136-124-115(13,14)71-32-72-116(124,15)16)96-64-62-94(120-96)103(92-60-58-90(101)118-92)83-45-53-87(54-46-83)107(127)131-75-99(79-37-25-19-26-38-79)135-123-113(9,10)69-31-70-114(123,11)12/h17-28,33-64,97-100,117-120H,29-32,65-76H2,1-16H3. The number of ether oxygens (including phenoxy) is 4. The molecule has 4 aromatic heterocycles. The van der Waals surface area contributed by atoms with Gasteiger partial charge < -0.3 is 38.9 Å². The van der Waals surface area contributed by atoms with Gasteiger partial charge in [0.2, 0.25) is 0 Å². The van der Waals surface area contributed by atoms with Crippen molar-refractivity contribution in [3.63, 3.8) is 0 Å². The molecule has 0 spiro atoms. The Kier molecular flexibility index (Phi) is 27.6. The second kappa shape index (κ2) is 39.2. The molecule has 20 nitrogen and oxygen atoms in total. The molecule has 17 rings (SSSR count). The molecule has 4 N–H and O–H groups in total. The van der Waals surface area contributed by atoms with Gasteiger partial charge in [0, 0.05) is 111 Å². The van der Waals surface area contributed by atoms with E-state index in [0.29, 0.717) is 22.3 Å². The van der Waals surface area contributed by atoms with Gasteiger partial charge in [-0.3, -0.25) is 19.4 Å². The number of piperidine rings is 4. The monoisotopic (exact) mass is 1830 g/mol. The van der Waals surface area contributed by atoms with Crippen molar-refractivity contribution in [1.29, 1.82) is 0 Å². The fraction of sp³-hybridized carbons (Fsp3) is 0.379. The summed E-state index contributed by atoms with van der Waals surface area (Å²) in [7, 11) is 0. The average Bonchev–Trinajstić information content (AvgIpc) is 1.60. The van der Waals surface area contributed by atoms with Crippen LogP contribution in [0.2, 0.25) is 0 Å². The van der Waals surface area contributed by atoms with Crippen LogP contribution in [0.15, 0.2) is 267 Å². The molecule has 4 fully saturated rings. The van der Waals surface area contributed by atoms with Crippen molar-refractivity contribution in [3.05, 3.63) is 378 Å². The molecule has 0 aliphatic carbocycles. The highest BCUT2D eigenvalue weighted by Crippen LogP contribution is 2.46. The van der Waals surface area contributed by atoms with Crippen molar-refractivity contribution in [2.24, 2.45) is 0 Å². The van der Waals surface area contributed by atoms with E-state index in [0.717, 1.165) is 188 Å². The third kappa shape index (κ3) is 20.9. The molecule has 5 aliphatic heterocycles. The van der Waals surface area contributed by atoms with E-state index in [1.165, 1.54) is 0 Å². The minimum absolute atomic E-state index is 0.0276. The molecule has 20 heteroatoms. The number of fused-ring (bicyclic) bond motifs is 8. The molecule has 4 saturated heterocycles. The predicted octanol–water partition coefficient (Wildman–Crippen LogP) is 21.8. The summed E-state index contributed by atoms with van der Waals surface area (Å²) in [5.41, 5.74) is 12.0. The lowest BCUT2D eigenvalue weighted by Gasteiger charge is -2.52. The normalized spacial score (nSPS) is 19.4. The van der Waals surface area contributed by atoms with E-state index >= 15 is 0 Å². The van der Waals surface area contributed by atoms with Gasteiger partial charge in [-0.1, -0.05) is 170 Å². The van der Waals surface area contributed by atoms with Gasteiger partial charge in [-0.25, -0.2) is 19.2 Å². The van der Waals surface area contributed by atoms with Crippen LogP contribution in [-0.4, -0.2) is 135 Å². The highest BCUT2D eigenvalue weighted by atomic mass is 16.7. The van der Waals surface area contributed by atoms with Gasteiger partial charge in [0.1, 0.15) is 50.8 Å². The second-order valence-corrected chi connectivity index (χ2v) is 42.5. The van der Waals surface area contributed by atoms with E-state index in [1.807, 2.05) is 170 Å². The number of nitrogens with zero attached hydrogens (tertiary/aromatic N) is 4. The van der Waals surface area contributed by atoms with Crippen LogP contribution in [0.3, 0.4) is 0 Å². The minimum atomic E-state index is -0.584. The summed E-state index contributed by atoms with van der Waals surface area (Å²) in [6, 6.07) is 86.3. The number of hydroxylamine groups is 8. The molecule has 8 aromatic carbocycles. The van der Waals surface area contributed by atoms with Crippen molar-refractivity contribution < 1.29 is 57.5 Å². The van der Waals surface area contributed by atoms with Crippen molar-refractivity contribution in [2.45, 2.75) is 257 Å². The van der Waals surface area contributed by atoms with E-state index in [2.05, 4.69) is 199 Å². The van der Waals surface area contributed by atoms with Crippen LogP contribution in [0, 0.1) is 0 Å². The maximum absolute atomic E-state index is 14.7. The van der Waals surface area contributed by atoms with Gasteiger partial charge in [0.25, 0.3) is 0 Å². The van der Waals surface area contributed by atoms with Gasteiger partial charge in [0.15, 0.2) is 0 Å². The quantitative estimate of drug-likeness (QED) is 0.0265. The lowest BCUT2D eigenvalue weighted by atomic mass is 9.82. The number of aromatic amines is 4. The van der Waals surface area contributed by atoms with E-state index in [1.54, 1.807) is 48.5 Å². The maximum Gasteiger partial charge on any atom is 0.338 e. The molecule has 0 radical (unpaired) electrons. The van der Waals surface area contributed by atoms with Gasteiger partial charge in [0.05, 0.1) is 22.3 Å². The van der Waals surface area contributed by atoms with Gasteiger partial charge >= 0.3 is 23.9 Å². The number of carbonyl (C=O) groups excluding carboxylic acids is 4. The Morgan fingerprint density at radius 2 is 0.412 bits per heavy atom. The zero-order chi connectivity index (χ0) is 95.7. The Morgan fingerprint density at radius 1 is 0.235 bits per heavy atom. The lowest BCUT2D eigenvalue weighted by molar-refractivity contribution is -0.311. The molecule has 4 unspecified atom stereocenters. The molecule has 8 bridgehead atoms. The Labute approximate surface area is 799 Å². The maximum atomic E-state index is 14.7. The number of H-pyrrole nitrogens is 4. The molecule has 9 heterocycles. The van der Waals surface area contributed by atoms with Gasteiger partial charge in [-0.15, -0.1) is 0 Å². The second-order valence-electron chi connectivity index (χ2n) is 42.5. The van der Waals surface area contributed by atoms with Crippen LogP contribution in [0.4, 0.5) is 0 Å². The fourth-order valence-electron chi connectivity index (χ4n) is 21.6. The van der Waals surface area contributed by atoms with Crippen LogP contribution in [-0.2, 0) is 38.3 Å². The van der Waals surface area contributed by atoms with E-state index in [4.69, 9.17) is 38.3 Å². The first-order valence-corrected chi connectivity index (χ1v) is 48.4. The topological polar surface area (TPSA) is 218 Å². The SMILES string of the molecule is CC1(C)CCCC(C)(C)N1OC(COC(=O)c1ccc(C2=c3ccc([nH]3)=C(c3ccc(C(=O)OCC(ON4C(C)(C)CCCC4(C)C)c4ccccc4)cc3)c3ccc([nH]3)C(c3ccc(C(=O)OCC(ON4C(C)(C)CCCC4(C)C)c4ccccc4)cc3)=c3ccc([nH]3)=C(c3ccc(C(=O)OCC(ON4C(C)(C)CCCC4(C)C)c4ccccc4)cc3)c3ccc2[nH]3)cc1)c1ccccc1. The lowest BCUT2D eigenvalue weighted by Crippen LogP contribution is -2.58. The largest absolute Gasteiger partial charge is 0.459 e. The highest BCUT2D eigenvalue weighted by Gasteiger charge is 2.49. The molecular formula is C116H132N8O12. The summed E-state index contributed by atoms with van der Waals surface area (Å²) in [6.45, 7) is 35.2. The molecule has 4 atom stereocenters. The number of nitrogens with one attached hydrogen (secondary N) is 4. The minimum Gasteiger partial charge on any atom is -0.459 e. The third-order valence-electron chi connectivity index (χ3n) is 28.3. The van der Waals surface area contributed by atoms with Crippen molar-refractivity contribution in [1.82, 2.24) is 40.2 Å². The molecule has 0 amide bonds. The van der Waals surface area contributed by atoms with E-state index < -0.39 is 48.3 Å². The van der Waals surface area contributed by atoms with E-state index in [-0.39, 0.29) is 70.7 Å². The summed E-state index contributed by atoms with van der Waals surface area (Å²) in [6.07, 6.45) is 9.63. The third-order valence-corrected chi connectivity index (χ3v) is 28.3. The number of carbonyl (C=O) groups is 4. The van der Waals surface area contributed by atoms with Crippen molar-refractivity contribution >= 4 is 46.2 Å². The average molecular weight is 1830 g/mol. The number of rotatable bonds is 28. The van der Waals surface area contributed by atoms with Crippen LogP contribution in [0.5, 0.6) is 0 Å². The van der Waals surface area contributed by atoms with Crippen LogP contribution >= 0.6 is 0 Å². The molecule has 12 aromatic rings. The smallest absolute Gasteiger partial charge is 0.338 e. The van der Waals surface area contributed by atoms with Crippen LogP contribution in [0.1, 0.15) is 321 Å². The van der Waals surface area contributed by atoms with Gasteiger partial charge in [-0.05, 0) is 329 Å². The summed E-state index contributed by atoms with van der Waals surface area (Å²) in [4.78, 5) is 102. The van der Waals surface area contributed by atoms with E-state index in [9.17, 15) is 19.2 Å². The summed E-state index contributed by atoms with van der Waals surface area (Å²) in [5.74, 6) is -2.00. The Morgan fingerprint density at radius 3 is 0.588 bits per heavy atom. The van der Waals surface area contributed by atoms with Crippen molar-refractivity contribution in [2.75, 3.05) is 26.4 Å². The Balaban J connectivity index is 0.765. The summed E-state index contributed by atoms with van der Waals surface area (Å²) < 4.78 is 25.2. The van der Waals surface area contributed by atoms with Crippen LogP contribution in [0.25, 0.3) is 22.3 Å². The first-order valence-electron chi connectivity index (χ1n) is 48.4. The molecular weight excluding hydrogens is 1700 g/mol. The summed E-state index contributed by atoms with van der Waals surface area (Å²) in [5, 5.41) is 11.4. The number of hydrogen-bond donors (Lipinski definition) is 4.